The van der Waals surface area contributed by atoms with Gasteiger partial charge < -0.3 is 14.9 Å². The number of carbonyl (C=O) groups is 2. The van der Waals surface area contributed by atoms with E-state index in [-0.39, 0.29) is 13.1 Å². The summed E-state index contributed by atoms with van der Waals surface area (Å²) in [7, 11) is 1.49. The van der Waals surface area contributed by atoms with E-state index in [1.54, 1.807) is 18.2 Å². The van der Waals surface area contributed by atoms with Crippen LogP contribution in [0.2, 0.25) is 0 Å². The predicted molar refractivity (Wildman–Crippen MR) is 72.7 cm³/mol. The molecule has 0 spiro atoms. The molecular formula is C14H17FN2O3. The third kappa shape index (κ3) is 4.38. The van der Waals surface area contributed by atoms with Gasteiger partial charge in [-0.2, -0.15) is 0 Å². The fraction of sp³-hybridized carbons (Fsp3) is 0.286. The van der Waals surface area contributed by atoms with Gasteiger partial charge in [0.2, 0.25) is 0 Å². The maximum absolute atomic E-state index is 13.5. The molecule has 1 aromatic carbocycles. The molecule has 0 saturated carbocycles. The highest BCUT2D eigenvalue weighted by atomic mass is 19.1. The first-order valence-corrected chi connectivity index (χ1v) is 6.01. The number of benzene rings is 1. The van der Waals surface area contributed by atoms with E-state index in [0.717, 1.165) is 4.90 Å². The van der Waals surface area contributed by atoms with Gasteiger partial charge in [0.05, 0.1) is 0 Å². The number of halogens is 1. The fourth-order valence-electron chi connectivity index (χ4n) is 1.72. The minimum Gasteiger partial charge on any atom is -0.480 e. The number of urea groups is 1. The maximum Gasteiger partial charge on any atom is 0.323 e. The number of nitrogens with zero attached hydrogens (tertiary/aromatic N) is 2. The van der Waals surface area contributed by atoms with E-state index in [1.165, 1.54) is 24.1 Å². The Hall–Kier alpha value is -2.37. The van der Waals surface area contributed by atoms with E-state index >= 15 is 0 Å². The van der Waals surface area contributed by atoms with Gasteiger partial charge in [0.1, 0.15) is 12.4 Å². The Labute approximate surface area is 116 Å². The van der Waals surface area contributed by atoms with E-state index in [0.29, 0.717) is 5.56 Å². The van der Waals surface area contributed by atoms with Crippen LogP contribution in [0.1, 0.15) is 5.56 Å². The maximum atomic E-state index is 13.5. The molecule has 0 heterocycles. The molecule has 0 aliphatic carbocycles. The normalized spacial score (nSPS) is 9.90. The molecule has 0 bridgehead atoms. The Kier molecular flexibility index (Phi) is 5.71. The molecule has 5 nitrogen and oxygen atoms in total. The smallest absolute Gasteiger partial charge is 0.323 e. The molecule has 1 rings (SSSR count). The van der Waals surface area contributed by atoms with Crippen molar-refractivity contribution in [2.24, 2.45) is 0 Å². The van der Waals surface area contributed by atoms with E-state index < -0.39 is 24.4 Å². The largest absolute Gasteiger partial charge is 0.480 e. The lowest BCUT2D eigenvalue weighted by Crippen LogP contribution is -2.43. The topological polar surface area (TPSA) is 60.9 Å². The van der Waals surface area contributed by atoms with Crippen LogP contribution >= 0.6 is 0 Å². The molecule has 1 aromatic rings. The number of rotatable bonds is 6. The second-order valence-corrected chi connectivity index (χ2v) is 4.29. The van der Waals surface area contributed by atoms with Crippen molar-refractivity contribution in [2.45, 2.75) is 6.54 Å². The summed E-state index contributed by atoms with van der Waals surface area (Å²) in [5.74, 6) is -1.51. The van der Waals surface area contributed by atoms with Crippen LogP contribution in [0.3, 0.4) is 0 Å². The van der Waals surface area contributed by atoms with Crippen molar-refractivity contribution in [3.05, 3.63) is 48.3 Å². The van der Waals surface area contributed by atoms with E-state index in [4.69, 9.17) is 5.11 Å². The number of carbonyl (C=O) groups excluding carboxylic acids is 1. The quantitative estimate of drug-likeness (QED) is 0.810. The molecule has 1 N–H and O–H groups in total. The Morgan fingerprint density at radius 2 is 2.05 bits per heavy atom. The van der Waals surface area contributed by atoms with Crippen LogP contribution in [0.4, 0.5) is 9.18 Å². The van der Waals surface area contributed by atoms with Crippen LogP contribution in [0.25, 0.3) is 0 Å². The van der Waals surface area contributed by atoms with Gasteiger partial charge in [-0.1, -0.05) is 24.3 Å². The van der Waals surface area contributed by atoms with Gasteiger partial charge in [-0.05, 0) is 6.07 Å². The lowest BCUT2D eigenvalue weighted by molar-refractivity contribution is -0.137. The highest BCUT2D eigenvalue weighted by Crippen LogP contribution is 2.10. The van der Waals surface area contributed by atoms with E-state index in [9.17, 15) is 14.0 Å². The highest BCUT2D eigenvalue weighted by Gasteiger charge is 2.20. The van der Waals surface area contributed by atoms with Crippen molar-refractivity contribution in [1.82, 2.24) is 9.80 Å². The van der Waals surface area contributed by atoms with Crippen LogP contribution < -0.4 is 0 Å². The lowest BCUT2D eigenvalue weighted by atomic mass is 10.2. The monoisotopic (exact) mass is 280 g/mol. The average Bonchev–Trinajstić information content (AvgIpc) is 2.39. The van der Waals surface area contributed by atoms with Gasteiger partial charge >= 0.3 is 12.0 Å². The van der Waals surface area contributed by atoms with Crippen molar-refractivity contribution in [3.8, 4) is 0 Å². The van der Waals surface area contributed by atoms with Crippen molar-refractivity contribution < 1.29 is 19.1 Å². The van der Waals surface area contributed by atoms with E-state index in [1.807, 2.05) is 0 Å². The Balaban J connectivity index is 2.76. The molecule has 108 valence electrons. The number of hydrogen-bond donors (Lipinski definition) is 1. The first kappa shape index (κ1) is 15.7. The predicted octanol–water partition coefficient (Wildman–Crippen LogP) is 1.95. The summed E-state index contributed by atoms with van der Waals surface area (Å²) in [6.07, 6.45) is 1.44. The SMILES string of the molecule is C=CCN(CC(=O)O)C(=O)N(C)Cc1ccccc1F. The molecule has 0 fully saturated rings. The van der Waals surface area contributed by atoms with Crippen molar-refractivity contribution in [3.63, 3.8) is 0 Å². The molecule has 20 heavy (non-hydrogen) atoms. The summed E-state index contributed by atoms with van der Waals surface area (Å²) in [4.78, 5) is 25.2. The van der Waals surface area contributed by atoms with Gasteiger partial charge in [-0.25, -0.2) is 9.18 Å². The Morgan fingerprint density at radius 3 is 2.60 bits per heavy atom. The molecule has 0 unspecified atom stereocenters. The van der Waals surface area contributed by atoms with Crippen LogP contribution in [-0.2, 0) is 11.3 Å². The number of aliphatic carboxylic acids is 1. The van der Waals surface area contributed by atoms with E-state index in [2.05, 4.69) is 6.58 Å². The third-order valence-corrected chi connectivity index (χ3v) is 2.64. The summed E-state index contributed by atoms with van der Waals surface area (Å²) in [5, 5.41) is 8.77. The number of carboxylic acids is 1. The lowest BCUT2D eigenvalue weighted by Gasteiger charge is -2.26. The number of hydrogen-bond acceptors (Lipinski definition) is 2. The Morgan fingerprint density at radius 1 is 1.40 bits per heavy atom. The van der Waals surface area contributed by atoms with Crippen LogP contribution in [-0.4, -0.2) is 47.0 Å². The van der Waals surface area contributed by atoms with Gasteiger partial charge in [0.25, 0.3) is 0 Å². The molecule has 2 amide bonds. The first-order valence-electron chi connectivity index (χ1n) is 6.01. The zero-order chi connectivity index (χ0) is 15.1. The number of carboxylic acid groups (broad SMARTS) is 1. The summed E-state index contributed by atoms with van der Waals surface area (Å²) in [5.41, 5.74) is 0.372. The standard InChI is InChI=1S/C14H17FN2O3/c1-3-8-17(10-13(18)19)14(20)16(2)9-11-6-4-5-7-12(11)15/h3-7H,1,8-10H2,2H3,(H,18,19). The van der Waals surface area contributed by atoms with Gasteiger partial charge in [0, 0.05) is 25.7 Å². The summed E-state index contributed by atoms with van der Waals surface area (Å²) >= 11 is 0. The molecule has 0 radical (unpaired) electrons. The zero-order valence-electron chi connectivity index (χ0n) is 11.3. The van der Waals surface area contributed by atoms with Gasteiger partial charge in [-0.3, -0.25) is 4.79 Å². The molecule has 0 aliphatic rings. The molecule has 0 aliphatic heterocycles. The molecule has 0 saturated heterocycles. The highest BCUT2D eigenvalue weighted by molar-refractivity contribution is 5.80. The summed E-state index contributed by atoms with van der Waals surface area (Å²) in [6.45, 7) is 3.24. The van der Waals surface area contributed by atoms with Crippen molar-refractivity contribution >= 4 is 12.0 Å². The molecule has 0 atom stereocenters. The van der Waals surface area contributed by atoms with Crippen LogP contribution in [0, 0.1) is 5.82 Å². The molecule has 0 aromatic heterocycles. The minimum absolute atomic E-state index is 0.0682. The fourth-order valence-corrected chi connectivity index (χ4v) is 1.72. The van der Waals surface area contributed by atoms with Gasteiger partial charge in [0.15, 0.2) is 0 Å². The molecular weight excluding hydrogens is 263 g/mol. The van der Waals surface area contributed by atoms with Gasteiger partial charge in [-0.15, -0.1) is 6.58 Å². The molecule has 6 heteroatoms. The third-order valence-electron chi connectivity index (χ3n) is 2.64. The number of amides is 2. The van der Waals surface area contributed by atoms with Crippen molar-refractivity contribution in [1.29, 1.82) is 0 Å². The minimum atomic E-state index is -1.11. The second-order valence-electron chi connectivity index (χ2n) is 4.29. The Bertz CT molecular complexity index is 505. The first-order chi connectivity index (χ1) is 9.45. The van der Waals surface area contributed by atoms with Crippen molar-refractivity contribution in [2.75, 3.05) is 20.1 Å². The van der Waals surface area contributed by atoms with Crippen LogP contribution in [0.15, 0.2) is 36.9 Å². The summed E-state index contributed by atoms with van der Waals surface area (Å²) in [6, 6.07) is 5.64. The zero-order valence-corrected chi connectivity index (χ0v) is 11.3. The second kappa shape index (κ2) is 7.28. The summed E-state index contributed by atoms with van der Waals surface area (Å²) < 4.78 is 13.5. The average molecular weight is 280 g/mol. The van der Waals surface area contributed by atoms with Crippen LogP contribution in [0.5, 0.6) is 0 Å².